The molecule has 2 aromatic carbocycles. The van der Waals surface area contributed by atoms with Crippen molar-refractivity contribution in [2.75, 3.05) is 6.54 Å². The molecule has 1 heterocycles. The number of para-hydroxylation sites is 1. The molecule has 0 radical (unpaired) electrons. The molecule has 0 saturated carbocycles. The summed E-state index contributed by atoms with van der Waals surface area (Å²) < 4.78 is 15.4. The molecule has 3 aromatic rings. The molecule has 1 amide bonds. The summed E-state index contributed by atoms with van der Waals surface area (Å²) in [5.74, 6) is -0.983. The fourth-order valence-corrected chi connectivity index (χ4v) is 2.80. The fourth-order valence-electron chi connectivity index (χ4n) is 2.80. The van der Waals surface area contributed by atoms with Gasteiger partial charge in [-0.25, -0.2) is 9.07 Å². The predicted octanol–water partition coefficient (Wildman–Crippen LogP) is 3.21. The van der Waals surface area contributed by atoms with Crippen molar-refractivity contribution >= 4 is 5.91 Å². The molecule has 0 aliphatic rings. The van der Waals surface area contributed by atoms with E-state index in [-0.39, 0.29) is 17.3 Å². The molecule has 138 valence electrons. The number of amides is 1. The molecule has 1 atom stereocenters. The first kappa shape index (κ1) is 18.5. The van der Waals surface area contributed by atoms with Gasteiger partial charge in [-0.1, -0.05) is 49.4 Å². The summed E-state index contributed by atoms with van der Waals surface area (Å²) in [5.41, 5.74) is 0.952. The lowest BCUT2D eigenvalue weighted by atomic mass is 10.0. The third-order valence-electron chi connectivity index (χ3n) is 4.34. The Balaban J connectivity index is 1.84. The molecular formula is C21H20FN3O2. The molecule has 0 aliphatic heterocycles. The summed E-state index contributed by atoms with van der Waals surface area (Å²) in [7, 11) is 0. The monoisotopic (exact) mass is 365 g/mol. The maximum absolute atomic E-state index is 14.1. The summed E-state index contributed by atoms with van der Waals surface area (Å²) in [4.78, 5) is 24.7. The Morgan fingerprint density at radius 3 is 2.52 bits per heavy atom. The van der Waals surface area contributed by atoms with Gasteiger partial charge in [0.1, 0.15) is 11.5 Å². The van der Waals surface area contributed by atoms with Gasteiger partial charge < -0.3 is 5.32 Å². The molecular weight excluding hydrogens is 345 g/mol. The molecule has 27 heavy (non-hydrogen) atoms. The van der Waals surface area contributed by atoms with E-state index >= 15 is 0 Å². The molecule has 0 aliphatic carbocycles. The van der Waals surface area contributed by atoms with E-state index in [9.17, 15) is 14.0 Å². The molecule has 1 aromatic heterocycles. The number of carbonyl (C=O) groups is 1. The van der Waals surface area contributed by atoms with Crippen LogP contribution in [0.3, 0.4) is 0 Å². The van der Waals surface area contributed by atoms with Crippen LogP contribution >= 0.6 is 0 Å². The van der Waals surface area contributed by atoms with E-state index < -0.39 is 17.2 Å². The quantitative estimate of drug-likeness (QED) is 0.755. The number of hydrogen-bond donors (Lipinski definition) is 1. The Bertz CT molecular complexity index is 1020. The number of nitrogens with one attached hydrogen (secondary N) is 1. The van der Waals surface area contributed by atoms with Crippen molar-refractivity contribution in [1.82, 2.24) is 15.1 Å². The zero-order valence-corrected chi connectivity index (χ0v) is 15.1. The lowest BCUT2D eigenvalue weighted by molar-refractivity contribution is 0.0943. The third kappa shape index (κ3) is 4.11. The lowest BCUT2D eigenvalue weighted by Crippen LogP contribution is -2.34. The number of carbonyl (C=O) groups excluding carboxylic acids is 1. The van der Waals surface area contributed by atoms with Crippen molar-refractivity contribution in [3.63, 3.8) is 0 Å². The normalized spacial score (nSPS) is 11.8. The van der Waals surface area contributed by atoms with Crippen LogP contribution in [0.2, 0.25) is 0 Å². The van der Waals surface area contributed by atoms with Gasteiger partial charge in [-0.05, 0) is 30.5 Å². The van der Waals surface area contributed by atoms with Crippen LogP contribution in [0.25, 0.3) is 5.69 Å². The van der Waals surface area contributed by atoms with Gasteiger partial charge in [0.15, 0.2) is 5.69 Å². The van der Waals surface area contributed by atoms with Crippen molar-refractivity contribution in [3.8, 4) is 5.69 Å². The maximum atomic E-state index is 14.1. The Morgan fingerprint density at radius 1 is 1.15 bits per heavy atom. The first-order valence-corrected chi connectivity index (χ1v) is 8.66. The molecule has 3 rings (SSSR count). The largest absolute Gasteiger partial charge is 0.350 e. The average molecular weight is 365 g/mol. The van der Waals surface area contributed by atoms with E-state index in [2.05, 4.69) is 10.4 Å². The predicted molar refractivity (Wildman–Crippen MR) is 102 cm³/mol. The number of aryl methyl sites for hydroxylation is 1. The van der Waals surface area contributed by atoms with Gasteiger partial charge in [0.25, 0.3) is 5.91 Å². The summed E-state index contributed by atoms with van der Waals surface area (Å²) in [5, 5.41) is 6.85. The Kier molecular flexibility index (Phi) is 5.45. The molecule has 1 N–H and O–H groups in total. The van der Waals surface area contributed by atoms with Gasteiger partial charge in [-0.2, -0.15) is 5.10 Å². The Hall–Kier alpha value is -3.28. The van der Waals surface area contributed by atoms with E-state index in [1.165, 1.54) is 16.8 Å². The first-order chi connectivity index (χ1) is 13.0. The van der Waals surface area contributed by atoms with Crippen LogP contribution < -0.4 is 10.7 Å². The number of nitrogens with zero attached hydrogens (tertiary/aromatic N) is 2. The van der Waals surface area contributed by atoms with Gasteiger partial charge in [-0.3, -0.25) is 9.59 Å². The number of halogens is 1. The van der Waals surface area contributed by atoms with Gasteiger partial charge in [0.2, 0.25) is 5.43 Å². The van der Waals surface area contributed by atoms with E-state index in [1.807, 2.05) is 37.3 Å². The lowest BCUT2D eigenvalue weighted by Gasteiger charge is -2.14. The maximum Gasteiger partial charge on any atom is 0.275 e. The van der Waals surface area contributed by atoms with Gasteiger partial charge in [0.05, 0.1) is 0 Å². The van der Waals surface area contributed by atoms with Crippen molar-refractivity contribution in [1.29, 1.82) is 0 Å². The van der Waals surface area contributed by atoms with Gasteiger partial charge in [0, 0.05) is 18.3 Å². The molecule has 5 nitrogen and oxygen atoms in total. The summed E-state index contributed by atoms with van der Waals surface area (Å²) in [6.07, 6.45) is 0. The third-order valence-corrected chi connectivity index (χ3v) is 4.34. The van der Waals surface area contributed by atoms with Crippen LogP contribution in [0, 0.1) is 12.7 Å². The van der Waals surface area contributed by atoms with Crippen molar-refractivity contribution < 1.29 is 9.18 Å². The van der Waals surface area contributed by atoms with Crippen LogP contribution in [0.4, 0.5) is 4.39 Å². The summed E-state index contributed by atoms with van der Waals surface area (Å²) in [6.45, 7) is 3.98. The highest BCUT2D eigenvalue weighted by molar-refractivity contribution is 5.92. The van der Waals surface area contributed by atoms with Crippen LogP contribution in [0.5, 0.6) is 0 Å². The van der Waals surface area contributed by atoms with Crippen molar-refractivity contribution in [2.45, 2.75) is 19.8 Å². The van der Waals surface area contributed by atoms with Crippen molar-refractivity contribution in [2.24, 2.45) is 0 Å². The van der Waals surface area contributed by atoms with Crippen LogP contribution in [-0.2, 0) is 0 Å². The van der Waals surface area contributed by atoms with E-state index in [4.69, 9.17) is 0 Å². The zero-order valence-electron chi connectivity index (χ0n) is 15.1. The highest BCUT2D eigenvalue weighted by Crippen LogP contribution is 2.14. The summed E-state index contributed by atoms with van der Waals surface area (Å²) in [6, 6.07) is 17.1. The topological polar surface area (TPSA) is 64.0 Å². The van der Waals surface area contributed by atoms with Gasteiger partial charge >= 0.3 is 0 Å². The highest BCUT2D eigenvalue weighted by Gasteiger charge is 2.17. The molecule has 0 bridgehead atoms. The number of rotatable bonds is 5. The molecule has 6 heteroatoms. The van der Waals surface area contributed by atoms with Crippen molar-refractivity contribution in [3.05, 3.63) is 93.7 Å². The minimum Gasteiger partial charge on any atom is -0.350 e. The van der Waals surface area contributed by atoms with E-state index in [0.29, 0.717) is 12.2 Å². The Morgan fingerprint density at radius 2 is 1.81 bits per heavy atom. The molecule has 1 unspecified atom stereocenters. The summed E-state index contributed by atoms with van der Waals surface area (Å²) >= 11 is 0. The van der Waals surface area contributed by atoms with E-state index in [1.54, 1.807) is 25.1 Å². The second kappa shape index (κ2) is 7.95. The second-order valence-corrected chi connectivity index (χ2v) is 6.38. The molecule has 0 saturated heterocycles. The minimum absolute atomic E-state index is 0.0781. The smallest absolute Gasteiger partial charge is 0.275 e. The Labute approximate surface area is 156 Å². The fraction of sp³-hybridized carbons (Fsp3) is 0.190. The van der Waals surface area contributed by atoms with Crippen LogP contribution in [-0.4, -0.2) is 22.2 Å². The zero-order chi connectivity index (χ0) is 19.4. The van der Waals surface area contributed by atoms with Crippen LogP contribution in [0.1, 0.15) is 34.6 Å². The van der Waals surface area contributed by atoms with E-state index in [0.717, 1.165) is 5.56 Å². The van der Waals surface area contributed by atoms with Gasteiger partial charge in [-0.15, -0.1) is 0 Å². The number of benzene rings is 2. The average Bonchev–Trinajstić information content (AvgIpc) is 2.67. The minimum atomic E-state index is -0.576. The molecule has 0 spiro atoms. The highest BCUT2D eigenvalue weighted by atomic mass is 19.1. The first-order valence-electron chi connectivity index (χ1n) is 8.66. The van der Waals surface area contributed by atoms with Crippen LogP contribution in [0.15, 0.2) is 65.5 Å². The molecule has 0 fully saturated rings. The second-order valence-electron chi connectivity index (χ2n) is 6.38. The standard InChI is InChI=1S/C21H20FN3O2/c1-14(16-8-4-3-5-9-16)13-23-21(27)20-19(26)12-15(2)25(24-20)18-11-7-6-10-17(18)22/h3-12,14H,13H2,1-2H3,(H,23,27). The number of aromatic nitrogens is 2. The number of hydrogen-bond acceptors (Lipinski definition) is 3. The SMILES string of the molecule is Cc1cc(=O)c(C(=O)NCC(C)c2ccccc2)nn1-c1ccccc1F.